The third-order valence-corrected chi connectivity index (χ3v) is 3.48. The van der Waals surface area contributed by atoms with Gasteiger partial charge in [0, 0.05) is 20.1 Å². The summed E-state index contributed by atoms with van der Waals surface area (Å²) >= 11 is 4.99. The van der Waals surface area contributed by atoms with Gasteiger partial charge in [-0.2, -0.15) is 0 Å². The Morgan fingerprint density at radius 2 is 2.14 bits per heavy atom. The van der Waals surface area contributed by atoms with E-state index in [1.807, 2.05) is 18.2 Å². The second-order valence-corrected chi connectivity index (χ2v) is 5.62. The third kappa shape index (κ3) is 8.17. The summed E-state index contributed by atoms with van der Waals surface area (Å²) in [6.45, 7) is 5.83. The number of thiocarbonyl (C=S) groups is 1. The van der Waals surface area contributed by atoms with E-state index in [9.17, 15) is 0 Å². The molecule has 0 heterocycles. The van der Waals surface area contributed by atoms with Gasteiger partial charge in [-0.3, -0.25) is 5.43 Å². The van der Waals surface area contributed by atoms with Crippen molar-refractivity contribution in [3.05, 3.63) is 29.8 Å². The minimum absolute atomic E-state index is 0.573. The van der Waals surface area contributed by atoms with Gasteiger partial charge in [0.25, 0.3) is 0 Å². The first-order chi connectivity index (χ1) is 10.7. The van der Waals surface area contributed by atoms with E-state index in [1.165, 1.54) is 6.42 Å². The van der Waals surface area contributed by atoms with Crippen LogP contribution >= 0.6 is 12.2 Å². The summed E-state index contributed by atoms with van der Waals surface area (Å²) in [5, 5.41) is 3.42. The fraction of sp³-hybridized carbons (Fsp3) is 0.562. The second-order valence-electron chi connectivity index (χ2n) is 5.21. The number of nitrogens with one attached hydrogen (secondary N) is 3. The molecule has 0 saturated carbocycles. The van der Waals surface area contributed by atoms with Crippen molar-refractivity contribution in [1.82, 2.24) is 21.1 Å². The predicted molar refractivity (Wildman–Crippen MR) is 96.0 cm³/mol. The lowest BCUT2D eigenvalue weighted by Crippen LogP contribution is -2.42. The third-order valence-electron chi connectivity index (χ3n) is 3.18. The lowest BCUT2D eigenvalue weighted by molar-refractivity contribution is 0.262. The highest BCUT2D eigenvalue weighted by Gasteiger charge is 1.99. The zero-order valence-corrected chi connectivity index (χ0v) is 14.6. The smallest absolute Gasteiger partial charge is 0.180 e. The SMILES string of the molecule is CCCN(C)CCCOc1cccc(CNNC(=S)NC)c1. The number of hydrazine groups is 1. The maximum absolute atomic E-state index is 5.81. The first-order valence-electron chi connectivity index (χ1n) is 7.76. The van der Waals surface area contributed by atoms with Crippen LogP contribution in [0.25, 0.3) is 0 Å². The van der Waals surface area contributed by atoms with Crippen LogP contribution in [0.3, 0.4) is 0 Å². The average molecular weight is 324 g/mol. The summed E-state index contributed by atoms with van der Waals surface area (Å²) in [4.78, 5) is 2.33. The molecular formula is C16H28N4OS. The molecule has 0 spiro atoms. The zero-order chi connectivity index (χ0) is 16.2. The van der Waals surface area contributed by atoms with Gasteiger partial charge in [-0.25, -0.2) is 5.43 Å². The summed E-state index contributed by atoms with van der Waals surface area (Å²) in [5.41, 5.74) is 7.11. The number of ether oxygens (including phenoxy) is 1. The highest BCUT2D eigenvalue weighted by Crippen LogP contribution is 2.13. The molecule has 0 aliphatic carbocycles. The van der Waals surface area contributed by atoms with Gasteiger partial charge in [0.05, 0.1) is 6.61 Å². The van der Waals surface area contributed by atoms with E-state index in [0.717, 1.165) is 37.4 Å². The minimum Gasteiger partial charge on any atom is -0.494 e. The van der Waals surface area contributed by atoms with E-state index < -0.39 is 0 Å². The average Bonchev–Trinajstić information content (AvgIpc) is 2.52. The van der Waals surface area contributed by atoms with E-state index in [2.05, 4.69) is 41.1 Å². The first kappa shape index (κ1) is 18.7. The Balaban J connectivity index is 2.27. The van der Waals surface area contributed by atoms with Gasteiger partial charge in [0.1, 0.15) is 5.75 Å². The van der Waals surface area contributed by atoms with Crippen LogP contribution in [0.1, 0.15) is 25.3 Å². The molecule has 124 valence electrons. The number of rotatable bonds is 10. The number of benzene rings is 1. The van der Waals surface area contributed by atoms with Gasteiger partial charge in [-0.05, 0) is 56.3 Å². The molecule has 0 saturated heterocycles. The molecule has 0 aliphatic heterocycles. The van der Waals surface area contributed by atoms with Crippen molar-refractivity contribution in [2.75, 3.05) is 33.8 Å². The lowest BCUT2D eigenvalue weighted by atomic mass is 10.2. The topological polar surface area (TPSA) is 48.6 Å². The minimum atomic E-state index is 0.573. The normalized spacial score (nSPS) is 10.5. The van der Waals surface area contributed by atoms with Crippen LogP contribution in [0, 0.1) is 0 Å². The molecule has 0 atom stereocenters. The summed E-state index contributed by atoms with van der Waals surface area (Å²) in [6.07, 6.45) is 2.23. The quantitative estimate of drug-likeness (QED) is 0.347. The lowest BCUT2D eigenvalue weighted by Gasteiger charge is -2.15. The molecule has 5 nitrogen and oxygen atoms in total. The Labute approximate surface area is 139 Å². The molecule has 1 aromatic carbocycles. The van der Waals surface area contributed by atoms with Gasteiger partial charge < -0.3 is 15.0 Å². The standard InChI is InChI=1S/C16H28N4OS/c1-4-9-20(3)10-6-11-21-15-8-5-7-14(12-15)13-18-19-16(22)17-2/h5,7-8,12,18H,4,6,9-11,13H2,1-3H3,(H2,17,19,22). The van der Waals surface area contributed by atoms with E-state index >= 15 is 0 Å². The summed E-state index contributed by atoms with van der Waals surface area (Å²) in [6, 6.07) is 8.10. The molecule has 0 fully saturated rings. The highest BCUT2D eigenvalue weighted by atomic mass is 32.1. The Bertz CT molecular complexity index is 442. The first-order valence-corrected chi connectivity index (χ1v) is 8.17. The van der Waals surface area contributed by atoms with Crippen molar-refractivity contribution < 1.29 is 4.74 Å². The Hall–Kier alpha value is -1.37. The van der Waals surface area contributed by atoms with Crippen molar-refractivity contribution >= 4 is 17.3 Å². The van der Waals surface area contributed by atoms with Crippen molar-refractivity contribution in [2.45, 2.75) is 26.3 Å². The van der Waals surface area contributed by atoms with Crippen molar-refractivity contribution in [3.63, 3.8) is 0 Å². The van der Waals surface area contributed by atoms with E-state index in [4.69, 9.17) is 17.0 Å². The summed E-state index contributed by atoms with van der Waals surface area (Å²) in [5.74, 6) is 0.911. The second kappa shape index (κ2) is 11.2. The van der Waals surface area contributed by atoms with Crippen LogP contribution in [0.5, 0.6) is 5.75 Å². The molecule has 0 radical (unpaired) electrons. The van der Waals surface area contributed by atoms with Crippen LogP contribution in [0.15, 0.2) is 24.3 Å². The fourth-order valence-electron chi connectivity index (χ4n) is 2.05. The summed E-state index contributed by atoms with van der Waals surface area (Å²) < 4.78 is 5.81. The van der Waals surface area contributed by atoms with Crippen LogP contribution < -0.4 is 20.9 Å². The van der Waals surface area contributed by atoms with Crippen molar-refractivity contribution in [1.29, 1.82) is 0 Å². The van der Waals surface area contributed by atoms with E-state index in [-0.39, 0.29) is 0 Å². The van der Waals surface area contributed by atoms with Crippen LogP contribution in [-0.4, -0.2) is 43.8 Å². The number of hydrogen-bond acceptors (Lipinski definition) is 4. The molecule has 6 heteroatoms. The Morgan fingerprint density at radius 1 is 1.32 bits per heavy atom. The predicted octanol–water partition coefficient (Wildman–Crippen LogP) is 1.90. The van der Waals surface area contributed by atoms with Crippen LogP contribution in [-0.2, 0) is 6.54 Å². The Morgan fingerprint density at radius 3 is 2.86 bits per heavy atom. The molecule has 0 bridgehead atoms. The van der Waals surface area contributed by atoms with Gasteiger partial charge in [0.2, 0.25) is 0 Å². The molecule has 22 heavy (non-hydrogen) atoms. The zero-order valence-electron chi connectivity index (χ0n) is 13.8. The fourth-order valence-corrected chi connectivity index (χ4v) is 2.12. The molecule has 1 aromatic rings. The van der Waals surface area contributed by atoms with Crippen molar-refractivity contribution in [3.8, 4) is 5.75 Å². The monoisotopic (exact) mass is 324 g/mol. The van der Waals surface area contributed by atoms with Gasteiger partial charge in [0.15, 0.2) is 5.11 Å². The van der Waals surface area contributed by atoms with Crippen molar-refractivity contribution in [2.24, 2.45) is 0 Å². The molecule has 0 unspecified atom stereocenters. The highest BCUT2D eigenvalue weighted by molar-refractivity contribution is 7.80. The molecular weight excluding hydrogens is 296 g/mol. The van der Waals surface area contributed by atoms with Crippen LogP contribution in [0.4, 0.5) is 0 Å². The number of hydrogen-bond donors (Lipinski definition) is 3. The van der Waals surface area contributed by atoms with Gasteiger partial charge in [-0.1, -0.05) is 19.1 Å². The van der Waals surface area contributed by atoms with Crippen LogP contribution in [0.2, 0.25) is 0 Å². The maximum Gasteiger partial charge on any atom is 0.180 e. The van der Waals surface area contributed by atoms with E-state index in [0.29, 0.717) is 11.7 Å². The Kier molecular flexibility index (Phi) is 9.54. The van der Waals surface area contributed by atoms with E-state index in [1.54, 1.807) is 7.05 Å². The molecule has 0 aromatic heterocycles. The van der Waals surface area contributed by atoms with Gasteiger partial charge in [-0.15, -0.1) is 0 Å². The molecule has 0 amide bonds. The summed E-state index contributed by atoms with van der Waals surface area (Å²) in [7, 11) is 3.93. The van der Waals surface area contributed by atoms with Gasteiger partial charge >= 0.3 is 0 Å². The largest absolute Gasteiger partial charge is 0.494 e. The number of nitrogens with zero attached hydrogens (tertiary/aromatic N) is 1. The molecule has 1 rings (SSSR count). The maximum atomic E-state index is 5.81. The molecule has 0 aliphatic rings. The molecule has 3 N–H and O–H groups in total.